The van der Waals surface area contributed by atoms with Gasteiger partial charge in [-0.25, -0.2) is 0 Å². The molecule has 3 nitrogen and oxygen atoms in total. The molecule has 14 heavy (non-hydrogen) atoms. The van der Waals surface area contributed by atoms with Crippen LogP contribution < -0.4 is 0 Å². The van der Waals surface area contributed by atoms with Gasteiger partial charge in [0.05, 0.1) is 19.8 Å². The van der Waals surface area contributed by atoms with E-state index in [9.17, 15) is 0 Å². The molecule has 0 saturated carbocycles. The fraction of sp³-hybridized carbons (Fsp3) is 0.400. The minimum Gasteiger partial charge on any atom is -0.328 e. The van der Waals surface area contributed by atoms with Crippen LogP contribution in [-0.4, -0.2) is 35.7 Å². The molecule has 0 fully saturated rings. The lowest BCUT2D eigenvalue weighted by molar-refractivity contribution is -0.313. The first-order valence-electron chi connectivity index (χ1n) is 4.18. The SMILES string of the molecule is C=CCOC([Si])(OCC=C)OCC=C. The van der Waals surface area contributed by atoms with Crippen LogP contribution in [0.15, 0.2) is 38.0 Å². The molecule has 0 unspecified atom stereocenters. The third kappa shape index (κ3) is 5.88. The van der Waals surface area contributed by atoms with Crippen LogP contribution in [0, 0.1) is 0 Å². The van der Waals surface area contributed by atoms with Crippen molar-refractivity contribution in [1.29, 1.82) is 0 Å². The van der Waals surface area contributed by atoms with E-state index in [-0.39, 0.29) is 0 Å². The zero-order valence-corrected chi connectivity index (χ0v) is 9.20. The first kappa shape index (κ1) is 13.3. The molecule has 3 radical (unpaired) electrons. The Morgan fingerprint density at radius 1 is 0.857 bits per heavy atom. The summed E-state index contributed by atoms with van der Waals surface area (Å²) >= 11 is 0. The van der Waals surface area contributed by atoms with Crippen LogP contribution in [-0.2, 0) is 14.2 Å². The minimum atomic E-state index is -1.25. The van der Waals surface area contributed by atoms with Crippen molar-refractivity contribution in [3.63, 3.8) is 0 Å². The summed E-state index contributed by atoms with van der Waals surface area (Å²) in [6, 6.07) is 0. The van der Waals surface area contributed by atoms with Crippen molar-refractivity contribution in [2.45, 2.75) is 5.60 Å². The predicted molar refractivity (Wildman–Crippen MR) is 56.9 cm³/mol. The fourth-order valence-electron chi connectivity index (χ4n) is 0.631. The van der Waals surface area contributed by atoms with Gasteiger partial charge in [0.1, 0.15) is 0 Å². The summed E-state index contributed by atoms with van der Waals surface area (Å²) in [7, 11) is 3.23. The van der Waals surface area contributed by atoms with E-state index in [2.05, 4.69) is 30.0 Å². The lowest BCUT2D eigenvalue weighted by Crippen LogP contribution is -2.40. The first-order valence-corrected chi connectivity index (χ1v) is 4.68. The number of rotatable bonds is 9. The molecule has 0 aliphatic carbocycles. The predicted octanol–water partition coefficient (Wildman–Crippen LogP) is 1.37. The van der Waals surface area contributed by atoms with Crippen molar-refractivity contribution >= 4 is 10.2 Å². The Morgan fingerprint density at radius 3 is 1.36 bits per heavy atom. The molecule has 0 N–H and O–H groups in total. The van der Waals surface area contributed by atoms with Crippen LogP contribution in [0.4, 0.5) is 0 Å². The van der Waals surface area contributed by atoms with Crippen molar-refractivity contribution < 1.29 is 14.2 Å². The molecule has 0 spiro atoms. The maximum Gasteiger partial charge on any atom is 0.249 e. The zero-order valence-electron chi connectivity index (χ0n) is 8.20. The van der Waals surface area contributed by atoms with E-state index in [4.69, 9.17) is 14.2 Å². The molecule has 77 valence electrons. The molecule has 0 aliphatic rings. The van der Waals surface area contributed by atoms with Crippen LogP contribution in [0.3, 0.4) is 0 Å². The summed E-state index contributed by atoms with van der Waals surface area (Å²) in [6.07, 6.45) is 4.80. The molecule has 4 heteroatoms. The standard InChI is InChI=1S/C10H15O3Si/c1-4-7-11-10(14,12-8-5-2)13-9-6-3/h4-6H,1-3,7-9H2. The van der Waals surface area contributed by atoms with Gasteiger partial charge < -0.3 is 14.2 Å². The summed E-state index contributed by atoms with van der Waals surface area (Å²) in [5, 5.41) is 0. The summed E-state index contributed by atoms with van der Waals surface area (Å²) in [5.41, 5.74) is -1.25. The molecular formula is C10H15O3Si. The molecule has 0 amide bonds. The Bertz CT molecular complexity index is 161. The van der Waals surface area contributed by atoms with Crippen LogP contribution in [0.5, 0.6) is 0 Å². The van der Waals surface area contributed by atoms with Gasteiger partial charge in [-0.1, -0.05) is 18.2 Å². The quantitative estimate of drug-likeness (QED) is 0.327. The minimum absolute atomic E-state index is 0.317. The molecule has 0 aromatic carbocycles. The van der Waals surface area contributed by atoms with Crippen LogP contribution >= 0.6 is 0 Å². The van der Waals surface area contributed by atoms with Gasteiger partial charge in [-0.2, -0.15) is 0 Å². The second-order valence-corrected chi connectivity index (χ2v) is 2.97. The topological polar surface area (TPSA) is 27.7 Å². The first-order chi connectivity index (χ1) is 6.68. The van der Waals surface area contributed by atoms with Gasteiger partial charge in [0.25, 0.3) is 0 Å². The molecular weight excluding hydrogens is 196 g/mol. The van der Waals surface area contributed by atoms with Gasteiger partial charge in [-0.15, -0.1) is 19.7 Å². The highest BCUT2D eigenvalue weighted by molar-refractivity contribution is 6.12. The van der Waals surface area contributed by atoms with Gasteiger partial charge in [0.15, 0.2) is 10.2 Å². The maximum atomic E-state index is 5.24. The van der Waals surface area contributed by atoms with E-state index < -0.39 is 5.60 Å². The molecule has 0 aliphatic heterocycles. The van der Waals surface area contributed by atoms with Gasteiger partial charge >= 0.3 is 0 Å². The van der Waals surface area contributed by atoms with Crippen LogP contribution in [0.2, 0.25) is 0 Å². The maximum absolute atomic E-state index is 5.24. The van der Waals surface area contributed by atoms with Crippen molar-refractivity contribution in [2.75, 3.05) is 19.8 Å². The molecule has 0 aromatic rings. The fourth-order valence-corrected chi connectivity index (χ4v) is 0.881. The second-order valence-electron chi connectivity index (χ2n) is 2.36. The van der Waals surface area contributed by atoms with Gasteiger partial charge in [-0.05, 0) is 0 Å². The molecule has 0 bridgehead atoms. The molecule has 0 heterocycles. The van der Waals surface area contributed by atoms with E-state index in [0.717, 1.165) is 0 Å². The Hall–Kier alpha value is -0.683. The Kier molecular flexibility index (Phi) is 7.32. The van der Waals surface area contributed by atoms with Gasteiger partial charge in [-0.3, -0.25) is 0 Å². The third-order valence-electron chi connectivity index (χ3n) is 1.17. The Morgan fingerprint density at radius 2 is 1.14 bits per heavy atom. The summed E-state index contributed by atoms with van der Waals surface area (Å²) in [6.45, 7) is 11.5. The summed E-state index contributed by atoms with van der Waals surface area (Å²) < 4.78 is 15.7. The average molecular weight is 211 g/mol. The van der Waals surface area contributed by atoms with Crippen molar-refractivity contribution in [3.05, 3.63) is 38.0 Å². The molecule has 0 aromatic heterocycles. The van der Waals surface area contributed by atoms with Crippen LogP contribution in [0.1, 0.15) is 0 Å². The van der Waals surface area contributed by atoms with Gasteiger partial charge in [0.2, 0.25) is 5.60 Å². The highest BCUT2D eigenvalue weighted by Gasteiger charge is 2.25. The normalized spacial score (nSPS) is 10.9. The second kappa shape index (κ2) is 7.70. The van der Waals surface area contributed by atoms with Crippen molar-refractivity contribution in [3.8, 4) is 0 Å². The zero-order chi connectivity index (χ0) is 10.9. The molecule has 0 atom stereocenters. The highest BCUT2D eigenvalue weighted by Crippen LogP contribution is 2.10. The molecule has 0 saturated heterocycles. The van der Waals surface area contributed by atoms with E-state index in [0.29, 0.717) is 19.8 Å². The highest BCUT2D eigenvalue weighted by atomic mass is 28.1. The van der Waals surface area contributed by atoms with Crippen molar-refractivity contribution in [2.24, 2.45) is 0 Å². The Labute approximate surface area is 88.5 Å². The lowest BCUT2D eigenvalue weighted by Gasteiger charge is -2.28. The lowest BCUT2D eigenvalue weighted by atomic mass is 10.7. The monoisotopic (exact) mass is 211 g/mol. The largest absolute Gasteiger partial charge is 0.328 e. The molecule has 0 rings (SSSR count). The summed E-state index contributed by atoms with van der Waals surface area (Å²) in [4.78, 5) is 0. The van der Waals surface area contributed by atoms with E-state index in [1.54, 1.807) is 18.2 Å². The average Bonchev–Trinajstić information content (AvgIpc) is 2.21. The summed E-state index contributed by atoms with van der Waals surface area (Å²) in [5.74, 6) is 0. The smallest absolute Gasteiger partial charge is 0.249 e. The Balaban J connectivity index is 4.07. The van der Waals surface area contributed by atoms with Gasteiger partial charge in [0, 0.05) is 0 Å². The van der Waals surface area contributed by atoms with Crippen molar-refractivity contribution in [1.82, 2.24) is 0 Å². The number of hydrogen-bond acceptors (Lipinski definition) is 3. The van der Waals surface area contributed by atoms with E-state index >= 15 is 0 Å². The number of hydrogen-bond donors (Lipinski definition) is 0. The van der Waals surface area contributed by atoms with Crippen LogP contribution in [0.25, 0.3) is 0 Å². The van der Waals surface area contributed by atoms with E-state index in [1.807, 2.05) is 0 Å². The third-order valence-corrected chi connectivity index (χ3v) is 1.61. The van der Waals surface area contributed by atoms with E-state index in [1.165, 1.54) is 0 Å². The number of ether oxygens (including phenoxy) is 3.